The van der Waals surface area contributed by atoms with Gasteiger partial charge < -0.3 is 9.09 Å². The van der Waals surface area contributed by atoms with Crippen LogP contribution in [-0.2, 0) is 6.54 Å². The summed E-state index contributed by atoms with van der Waals surface area (Å²) in [5.41, 5.74) is 4.08. The Morgan fingerprint density at radius 3 is 2.89 bits per heavy atom. The summed E-state index contributed by atoms with van der Waals surface area (Å²) in [6, 6.07) is 7.99. The highest BCUT2D eigenvalue weighted by atomic mass is 35.5. The van der Waals surface area contributed by atoms with Crippen molar-refractivity contribution in [1.29, 1.82) is 0 Å². The molecule has 0 saturated heterocycles. The van der Waals surface area contributed by atoms with Gasteiger partial charge in [-0.15, -0.1) is 11.6 Å². The van der Waals surface area contributed by atoms with Gasteiger partial charge in [-0.1, -0.05) is 17.3 Å². The minimum atomic E-state index is -0.154. The summed E-state index contributed by atoms with van der Waals surface area (Å²) in [6.45, 7) is 4.60. The molecule has 0 bridgehead atoms. The van der Waals surface area contributed by atoms with Crippen LogP contribution in [0, 0.1) is 6.92 Å². The number of alkyl halides is 1. The summed E-state index contributed by atoms with van der Waals surface area (Å²) in [4.78, 5) is 4.66. The van der Waals surface area contributed by atoms with E-state index in [0.717, 1.165) is 28.1 Å². The molecule has 2 aromatic heterocycles. The maximum Gasteiger partial charge on any atom is 0.128 e. The van der Waals surface area contributed by atoms with Gasteiger partial charge >= 0.3 is 0 Å². The van der Waals surface area contributed by atoms with Crippen molar-refractivity contribution in [1.82, 2.24) is 14.7 Å². The molecular weight excluding hydrogens is 262 g/mol. The number of imidazole rings is 1. The first-order valence-corrected chi connectivity index (χ1v) is 6.59. The molecule has 98 valence electrons. The molecule has 2 heterocycles. The molecule has 5 heteroatoms. The Hall–Kier alpha value is -1.81. The Kier molecular flexibility index (Phi) is 3.03. The number of hydrogen-bond donors (Lipinski definition) is 0. The molecule has 4 nitrogen and oxygen atoms in total. The monoisotopic (exact) mass is 275 g/mol. The fraction of sp³-hybridized carbons (Fsp3) is 0.286. The highest BCUT2D eigenvalue weighted by Crippen LogP contribution is 2.26. The van der Waals surface area contributed by atoms with Crippen molar-refractivity contribution in [2.75, 3.05) is 0 Å². The summed E-state index contributed by atoms with van der Waals surface area (Å²) in [6.07, 6.45) is 1.57. The molecule has 0 aliphatic carbocycles. The average Bonchev–Trinajstić information content (AvgIpc) is 2.99. The molecular formula is C14H14ClN3O. The van der Waals surface area contributed by atoms with Gasteiger partial charge in [0.15, 0.2) is 0 Å². The molecule has 1 atom stereocenters. The van der Waals surface area contributed by atoms with Gasteiger partial charge in [0.25, 0.3) is 0 Å². The van der Waals surface area contributed by atoms with Crippen LogP contribution in [0.5, 0.6) is 0 Å². The third kappa shape index (κ3) is 2.12. The zero-order valence-corrected chi connectivity index (χ0v) is 11.6. The van der Waals surface area contributed by atoms with Crippen LogP contribution in [0.1, 0.15) is 29.4 Å². The predicted octanol–water partition coefficient (Wildman–Crippen LogP) is 3.68. The number of rotatable bonds is 3. The first-order valence-electron chi connectivity index (χ1n) is 6.16. The number of aromatic nitrogens is 3. The van der Waals surface area contributed by atoms with E-state index in [1.54, 1.807) is 6.26 Å². The number of fused-ring (bicyclic) bond motifs is 1. The van der Waals surface area contributed by atoms with Gasteiger partial charge in [0, 0.05) is 6.07 Å². The van der Waals surface area contributed by atoms with E-state index in [1.165, 1.54) is 0 Å². The Morgan fingerprint density at radius 2 is 2.21 bits per heavy atom. The molecule has 19 heavy (non-hydrogen) atoms. The Balaban J connectivity index is 2.19. The third-order valence-corrected chi connectivity index (χ3v) is 3.37. The fourth-order valence-electron chi connectivity index (χ4n) is 2.26. The molecule has 0 radical (unpaired) electrons. The lowest BCUT2D eigenvalue weighted by atomic mass is 10.2. The maximum atomic E-state index is 6.25. The highest BCUT2D eigenvalue weighted by molar-refractivity contribution is 6.20. The lowest BCUT2D eigenvalue weighted by molar-refractivity contribution is 0.409. The minimum Gasteiger partial charge on any atom is -0.364 e. The highest BCUT2D eigenvalue weighted by Gasteiger charge is 2.16. The Labute approximate surface area is 116 Å². The molecule has 1 aromatic carbocycles. The number of para-hydroxylation sites is 1. The second kappa shape index (κ2) is 4.70. The Bertz CT molecular complexity index is 701. The minimum absolute atomic E-state index is 0.154. The molecule has 0 saturated carbocycles. The number of hydrogen-bond acceptors (Lipinski definition) is 3. The number of aryl methyl sites for hydroxylation is 1. The van der Waals surface area contributed by atoms with E-state index in [4.69, 9.17) is 16.1 Å². The van der Waals surface area contributed by atoms with Gasteiger partial charge in [0.05, 0.1) is 23.0 Å². The summed E-state index contributed by atoms with van der Waals surface area (Å²) in [5.74, 6) is 0.856. The fourth-order valence-corrected chi connectivity index (χ4v) is 2.42. The Morgan fingerprint density at radius 1 is 1.37 bits per heavy atom. The third-order valence-electron chi connectivity index (χ3n) is 3.18. The lowest BCUT2D eigenvalue weighted by Gasteiger charge is -2.08. The number of benzene rings is 1. The van der Waals surface area contributed by atoms with Crippen LogP contribution in [-0.4, -0.2) is 14.7 Å². The predicted molar refractivity (Wildman–Crippen MR) is 74.3 cm³/mol. The average molecular weight is 276 g/mol. The van der Waals surface area contributed by atoms with Crippen molar-refractivity contribution >= 4 is 22.6 Å². The molecule has 0 amide bonds. The second-order valence-electron chi connectivity index (χ2n) is 4.61. The molecule has 0 N–H and O–H groups in total. The number of nitrogens with zero attached hydrogens (tertiary/aromatic N) is 3. The zero-order valence-electron chi connectivity index (χ0n) is 10.8. The molecule has 3 rings (SSSR count). The van der Waals surface area contributed by atoms with E-state index in [0.29, 0.717) is 6.54 Å². The van der Waals surface area contributed by atoms with E-state index in [9.17, 15) is 0 Å². The van der Waals surface area contributed by atoms with Crippen molar-refractivity contribution in [3.8, 4) is 0 Å². The molecule has 0 fully saturated rings. The first-order chi connectivity index (χ1) is 9.16. The van der Waals surface area contributed by atoms with Gasteiger partial charge in [-0.2, -0.15) is 0 Å². The van der Waals surface area contributed by atoms with Crippen LogP contribution >= 0.6 is 11.6 Å². The molecule has 0 aliphatic heterocycles. The van der Waals surface area contributed by atoms with Crippen molar-refractivity contribution in [3.63, 3.8) is 0 Å². The summed E-state index contributed by atoms with van der Waals surface area (Å²) < 4.78 is 6.98. The first kappa shape index (κ1) is 12.2. The van der Waals surface area contributed by atoms with E-state index >= 15 is 0 Å². The summed E-state index contributed by atoms with van der Waals surface area (Å²) in [5, 5.41) is 3.80. The van der Waals surface area contributed by atoms with Crippen LogP contribution in [0.4, 0.5) is 0 Å². The normalized spacial score (nSPS) is 13.0. The van der Waals surface area contributed by atoms with Gasteiger partial charge in [0.1, 0.15) is 17.8 Å². The van der Waals surface area contributed by atoms with Crippen LogP contribution < -0.4 is 0 Å². The quantitative estimate of drug-likeness (QED) is 0.685. The smallest absolute Gasteiger partial charge is 0.128 e. The van der Waals surface area contributed by atoms with Gasteiger partial charge in [-0.05, 0) is 25.5 Å². The maximum absolute atomic E-state index is 6.25. The van der Waals surface area contributed by atoms with Gasteiger partial charge in [-0.3, -0.25) is 0 Å². The van der Waals surface area contributed by atoms with E-state index in [-0.39, 0.29) is 5.38 Å². The van der Waals surface area contributed by atoms with E-state index in [2.05, 4.69) is 33.8 Å². The molecule has 1 unspecified atom stereocenters. The van der Waals surface area contributed by atoms with Gasteiger partial charge in [-0.25, -0.2) is 4.98 Å². The van der Waals surface area contributed by atoms with Crippen LogP contribution in [0.3, 0.4) is 0 Å². The van der Waals surface area contributed by atoms with Crippen molar-refractivity contribution in [2.45, 2.75) is 25.8 Å². The van der Waals surface area contributed by atoms with Crippen LogP contribution in [0.15, 0.2) is 35.1 Å². The zero-order chi connectivity index (χ0) is 13.4. The summed E-state index contributed by atoms with van der Waals surface area (Å²) >= 11 is 6.25. The van der Waals surface area contributed by atoms with E-state index in [1.807, 2.05) is 19.1 Å². The topological polar surface area (TPSA) is 43.9 Å². The second-order valence-corrected chi connectivity index (χ2v) is 5.26. The number of halogens is 1. The molecule has 3 aromatic rings. The van der Waals surface area contributed by atoms with Crippen molar-refractivity contribution < 1.29 is 4.52 Å². The standard InChI is InChI=1S/C14H14ClN3O/c1-9-4-3-5-12-13(9)16-14(10(2)15)18(12)8-11-6-7-19-17-11/h3-7,10H,8H2,1-2H3. The van der Waals surface area contributed by atoms with Crippen LogP contribution in [0.25, 0.3) is 11.0 Å². The van der Waals surface area contributed by atoms with Crippen LogP contribution in [0.2, 0.25) is 0 Å². The molecule has 0 spiro atoms. The summed E-state index contributed by atoms with van der Waals surface area (Å²) in [7, 11) is 0. The van der Waals surface area contributed by atoms with Crippen molar-refractivity contribution in [2.24, 2.45) is 0 Å². The lowest BCUT2D eigenvalue weighted by Crippen LogP contribution is -2.05. The molecule has 0 aliphatic rings. The van der Waals surface area contributed by atoms with Gasteiger partial charge in [0.2, 0.25) is 0 Å². The van der Waals surface area contributed by atoms with Crippen molar-refractivity contribution in [3.05, 3.63) is 47.6 Å². The largest absolute Gasteiger partial charge is 0.364 e. The SMILES string of the molecule is Cc1cccc2c1nc(C(C)Cl)n2Cc1ccon1. The van der Waals surface area contributed by atoms with E-state index < -0.39 is 0 Å².